The van der Waals surface area contributed by atoms with Crippen LogP contribution in [0.4, 0.5) is 0 Å². The molecular weight excluding hydrogens is 316 g/mol. The van der Waals surface area contributed by atoms with Crippen LogP contribution in [0.5, 0.6) is 0 Å². The van der Waals surface area contributed by atoms with Gasteiger partial charge < -0.3 is 9.80 Å². The fourth-order valence-corrected chi connectivity index (χ4v) is 3.56. The molecule has 0 spiro atoms. The van der Waals surface area contributed by atoms with E-state index in [9.17, 15) is 4.79 Å². The van der Waals surface area contributed by atoms with Crippen LogP contribution in [0.1, 0.15) is 36.0 Å². The molecule has 5 heteroatoms. The van der Waals surface area contributed by atoms with E-state index in [1.165, 1.54) is 12.8 Å². The summed E-state index contributed by atoms with van der Waals surface area (Å²) in [6.45, 7) is 1.64. The molecule has 0 radical (unpaired) electrons. The molecule has 1 saturated carbocycles. The van der Waals surface area contributed by atoms with E-state index in [2.05, 4.69) is 4.90 Å². The topological polar surface area (TPSA) is 23.6 Å². The summed E-state index contributed by atoms with van der Waals surface area (Å²) in [5.41, 5.74) is 0.638. The predicted octanol–water partition coefficient (Wildman–Crippen LogP) is 4.01. The number of likely N-dealkylation sites (N-methyl/N-ethyl adjacent to an activating group) is 1. The van der Waals surface area contributed by atoms with Crippen LogP contribution < -0.4 is 0 Å². The minimum absolute atomic E-state index is 0.0784. The number of thioether (sulfide) groups is 1. The van der Waals surface area contributed by atoms with Gasteiger partial charge in [0.2, 0.25) is 0 Å². The van der Waals surface area contributed by atoms with E-state index in [0.717, 1.165) is 30.8 Å². The van der Waals surface area contributed by atoms with Crippen molar-refractivity contribution in [2.24, 2.45) is 0 Å². The van der Waals surface area contributed by atoms with Gasteiger partial charge in [0.15, 0.2) is 0 Å². The van der Waals surface area contributed by atoms with Gasteiger partial charge in [-0.1, -0.05) is 24.4 Å². The number of hydrogen-bond donors (Lipinski definition) is 0. The zero-order valence-corrected chi connectivity index (χ0v) is 15.2. The van der Waals surface area contributed by atoms with Gasteiger partial charge in [-0.2, -0.15) is 0 Å². The average molecular weight is 341 g/mol. The van der Waals surface area contributed by atoms with Crippen LogP contribution >= 0.6 is 23.4 Å². The highest BCUT2D eigenvalue weighted by atomic mass is 35.5. The lowest BCUT2D eigenvalue weighted by molar-refractivity contribution is 0.0667. The molecule has 0 heterocycles. The van der Waals surface area contributed by atoms with Crippen molar-refractivity contribution in [1.29, 1.82) is 0 Å². The Morgan fingerprint density at radius 3 is 2.55 bits per heavy atom. The standard InChI is InChI=1S/C17H25ClN2OS/c1-19(2)10-11-20(13-6-4-5-7-13)17(21)15-12-14(22-3)8-9-16(15)18/h8-9,12-13H,4-7,10-11H2,1-3H3. The molecule has 122 valence electrons. The number of benzene rings is 1. The SMILES string of the molecule is CSc1ccc(Cl)c(C(=O)N(CCN(C)C)C2CCCC2)c1. The zero-order valence-electron chi connectivity index (χ0n) is 13.6. The fraction of sp³-hybridized carbons (Fsp3) is 0.588. The monoisotopic (exact) mass is 340 g/mol. The first-order valence-corrected chi connectivity index (χ1v) is 9.42. The van der Waals surface area contributed by atoms with Crippen LogP contribution in [0.25, 0.3) is 0 Å². The highest BCUT2D eigenvalue weighted by molar-refractivity contribution is 7.98. The quantitative estimate of drug-likeness (QED) is 0.731. The van der Waals surface area contributed by atoms with Crippen LogP contribution in [0.15, 0.2) is 23.1 Å². The molecule has 0 aliphatic heterocycles. The van der Waals surface area contributed by atoms with E-state index in [-0.39, 0.29) is 5.91 Å². The lowest BCUT2D eigenvalue weighted by atomic mass is 10.1. The van der Waals surface area contributed by atoms with E-state index in [4.69, 9.17) is 11.6 Å². The molecule has 0 atom stereocenters. The molecule has 0 aromatic heterocycles. The Balaban J connectivity index is 2.23. The number of amides is 1. The number of hydrogen-bond acceptors (Lipinski definition) is 3. The predicted molar refractivity (Wildman–Crippen MR) is 95.1 cm³/mol. The largest absolute Gasteiger partial charge is 0.334 e. The summed E-state index contributed by atoms with van der Waals surface area (Å²) in [4.78, 5) is 18.3. The molecule has 0 N–H and O–H groups in total. The second kappa shape index (κ2) is 8.23. The third kappa shape index (κ3) is 4.40. The molecule has 2 rings (SSSR count). The summed E-state index contributed by atoms with van der Waals surface area (Å²) in [6.07, 6.45) is 6.67. The third-order valence-electron chi connectivity index (χ3n) is 4.22. The van der Waals surface area contributed by atoms with Crippen LogP contribution in [0.3, 0.4) is 0 Å². The molecule has 0 saturated heterocycles. The number of carbonyl (C=O) groups excluding carboxylic acids is 1. The normalized spacial score (nSPS) is 15.5. The van der Waals surface area contributed by atoms with Crippen molar-refractivity contribution in [2.75, 3.05) is 33.4 Å². The van der Waals surface area contributed by atoms with Gasteiger partial charge in [0.05, 0.1) is 10.6 Å². The van der Waals surface area contributed by atoms with Gasteiger partial charge in [0, 0.05) is 24.0 Å². The minimum Gasteiger partial charge on any atom is -0.334 e. The smallest absolute Gasteiger partial charge is 0.255 e. The first-order chi connectivity index (χ1) is 10.5. The molecule has 1 fully saturated rings. The van der Waals surface area contributed by atoms with E-state index in [1.54, 1.807) is 11.8 Å². The molecule has 1 aromatic carbocycles. The summed E-state index contributed by atoms with van der Waals surface area (Å²) in [6, 6.07) is 6.08. The van der Waals surface area contributed by atoms with Crippen molar-refractivity contribution in [3.05, 3.63) is 28.8 Å². The average Bonchev–Trinajstić information content (AvgIpc) is 3.01. The van der Waals surface area contributed by atoms with Crippen LogP contribution in [-0.2, 0) is 0 Å². The van der Waals surface area contributed by atoms with Gasteiger partial charge in [-0.05, 0) is 51.4 Å². The van der Waals surface area contributed by atoms with Crippen molar-refractivity contribution in [3.63, 3.8) is 0 Å². The summed E-state index contributed by atoms with van der Waals surface area (Å²) in [5, 5.41) is 0.552. The summed E-state index contributed by atoms with van der Waals surface area (Å²) in [7, 11) is 4.08. The number of rotatable bonds is 6. The van der Waals surface area contributed by atoms with E-state index < -0.39 is 0 Å². The van der Waals surface area contributed by atoms with Crippen LogP contribution in [-0.4, -0.2) is 55.2 Å². The summed E-state index contributed by atoms with van der Waals surface area (Å²) in [5.74, 6) is 0.0784. The Hall–Kier alpha value is -0.710. The molecule has 1 aliphatic rings. The number of halogens is 1. The first kappa shape index (κ1) is 17.6. The second-order valence-electron chi connectivity index (χ2n) is 6.09. The molecule has 1 amide bonds. The summed E-state index contributed by atoms with van der Waals surface area (Å²) >= 11 is 7.93. The van der Waals surface area contributed by atoms with Gasteiger partial charge in [-0.15, -0.1) is 11.8 Å². The fourth-order valence-electron chi connectivity index (χ4n) is 2.92. The molecule has 1 aliphatic carbocycles. The Labute approximate surface area is 143 Å². The Morgan fingerprint density at radius 1 is 1.27 bits per heavy atom. The lowest BCUT2D eigenvalue weighted by Crippen LogP contribution is -2.42. The van der Waals surface area contributed by atoms with Crippen molar-refractivity contribution in [3.8, 4) is 0 Å². The third-order valence-corrected chi connectivity index (χ3v) is 5.27. The first-order valence-electron chi connectivity index (χ1n) is 7.82. The molecule has 1 aromatic rings. The minimum atomic E-state index is 0.0784. The highest BCUT2D eigenvalue weighted by Crippen LogP contribution is 2.28. The highest BCUT2D eigenvalue weighted by Gasteiger charge is 2.28. The van der Waals surface area contributed by atoms with Crippen molar-refractivity contribution >= 4 is 29.3 Å². The van der Waals surface area contributed by atoms with Gasteiger partial charge in [-0.25, -0.2) is 0 Å². The van der Waals surface area contributed by atoms with Gasteiger partial charge in [0.25, 0.3) is 5.91 Å². The second-order valence-corrected chi connectivity index (χ2v) is 7.37. The molecule has 3 nitrogen and oxygen atoms in total. The van der Waals surface area contributed by atoms with E-state index >= 15 is 0 Å². The van der Waals surface area contributed by atoms with E-state index in [1.807, 2.05) is 43.5 Å². The molecule has 0 unspecified atom stereocenters. The van der Waals surface area contributed by atoms with Crippen molar-refractivity contribution in [1.82, 2.24) is 9.80 Å². The molecule has 22 heavy (non-hydrogen) atoms. The maximum absolute atomic E-state index is 13.0. The van der Waals surface area contributed by atoms with Crippen molar-refractivity contribution < 1.29 is 4.79 Å². The van der Waals surface area contributed by atoms with Gasteiger partial charge in [-0.3, -0.25) is 4.79 Å². The van der Waals surface area contributed by atoms with Crippen LogP contribution in [0, 0.1) is 0 Å². The zero-order chi connectivity index (χ0) is 16.1. The van der Waals surface area contributed by atoms with Gasteiger partial charge in [0.1, 0.15) is 0 Å². The van der Waals surface area contributed by atoms with Gasteiger partial charge >= 0.3 is 0 Å². The van der Waals surface area contributed by atoms with E-state index in [0.29, 0.717) is 16.6 Å². The lowest BCUT2D eigenvalue weighted by Gasteiger charge is -2.30. The maximum atomic E-state index is 13.0. The number of nitrogens with zero attached hydrogens (tertiary/aromatic N) is 2. The Bertz CT molecular complexity index is 515. The number of carbonyl (C=O) groups is 1. The molecular formula is C17H25ClN2OS. The Morgan fingerprint density at radius 2 is 1.95 bits per heavy atom. The van der Waals surface area contributed by atoms with Crippen LogP contribution in [0.2, 0.25) is 5.02 Å². The van der Waals surface area contributed by atoms with Crippen molar-refractivity contribution in [2.45, 2.75) is 36.6 Å². The summed E-state index contributed by atoms with van der Waals surface area (Å²) < 4.78 is 0. The Kier molecular flexibility index (Phi) is 6.60. The molecule has 0 bridgehead atoms. The maximum Gasteiger partial charge on any atom is 0.255 e.